The Kier molecular flexibility index (Phi) is 3.54. The average Bonchev–Trinajstić information content (AvgIpc) is 2.53. The van der Waals surface area contributed by atoms with Crippen LogP contribution in [0.5, 0.6) is 0 Å². The van der Waals surface area contributed by atoms with Crippen molar-refractivity contribution in [1.82, 2.24) is 5.06 Å². The molecule has 0 bridgehead atoms. The summed E-state index contributed by atoms with van der Waals surface area (Å²) in [7, 11) is 3.14. The first-order valence-corrected chi connectivity index (χ1v) is 5.40. The second kappa shape index (κ2) is 4.23. The molecular weight excluding hydrogens is 182 g/mol. The highest BCUT2D eigenvalue weighted by atomic mass is 32.2. The fraction of sp³-hybridized carbons (Fsp3) is 0.833. The van der Waals surface area contributed by atoms with E-state index in [0.29, 0.717) is 0 Å². The predicted molar refractivity (Wildman–Crippen MR) is 48.5 cm³/mol. The lowest BCUT2D eigenvalue weighted by Gasteiger charge is -2.16. The highest BCUT2D eigenvalue weighted by molar-refractivity contribution is 8.21. The molecule has 0 atom stereocenters. The van der Waals surface area contributed by atoms with Gasteiger partial charge in [-0.1, -0.05) is 0 Å². The minimum atomic E-state index is 0.0555. The van der Waals surface area contributed by atoms with Crippen molar-refractivity contribution in [3.05, 3.63) is 0 Å². The number of hydrogen-bond acceptors (Lipinski definition) is 4. The van der Waals surface area contributed by atoms with E-state index >= 15 is 0 Å². The number of rotatable bonds is 2. The van der Waals surface area contributed by atoms with Crippen LogP contribution >= 0.6 is 23.5 Å². The fourth-order valence-corrected chi connectivity index (χ4v) is 3.48. The molecule has 3 nitrogen and oxygen atoms in total. The van der Waals surface area contributed by atoms with E-state index in [1.54, 1.807) is 30.6 Å². The molecule has 0 aromatic heterocycles. The summed E-state index contributed by atoms with van der Waals surface area (Å²) in [6, 6.07) is 0. The van der Waals surface area contributed by atoms with Crippen LogP contribution in [-0.4, -0.2) is 41.2 Å². The number of carbonyl (C=O) groups excluding carboxylic acids is 1. The van der Waals surface area contributed by atoms with Gasteiger partial charge in [0.05, 0.1) is 7.11 Å². The van der Waals surface area contributed by atoms with Crippen LogP contribution in [0.4, 0.5) is 0 Å². The minimum Gasteiger partial charge on any atom is -0.275 e. The number of carbonyl (C=O) groups is 1. The molecule has 1 aliphatic rings. The second-order valence-electron chi connectivity index (χ2n) is 2.09. The van der Waals surface area contributed by atoms with Gasteiger partial charge in [0.15, 0.2) is 0 Å². The molecule has 0 spiro atoms. The maximum absolute atomic E-state index is 11.3. The Morgan fingerprint density at radius 2 is 2.09 bits per heavy atom. The molecule has 11 heavy (non-hydrogen) atoms. The minimum absolute atomic E-state index is 0.0555. The van der Waals surface area contributed by atoms with Gasteiger partial charge in [-0.2, -0.15) is 0 Å². The zero-order valence-electron chi connectivity index (χ0n) is 6.57. The topological polar surface area (TPSA) is 29.5 Å². The van der Waals surface area contributed by atoms with Crippen LogP contribution in [-0.2, 0) is 9.63 Å². The molecule has 1 rings (SSSR count). The number of amides is 1. The van der Waals surface area contributed by atoms with Gasteiger partial charge < -0.3 is 0 Å². The first-order chi connectivity index (χ1) is 5.25. The summed E-state index contributed by atoms with van der Waals surface area (Å²) in [5, 5.41) is 1.29. The van der Waals surface area contributed by atoms with E-state index in [-0.39, 0.29) is 10.5 Å². The predicted octanol–water partition coefficient (Wildman–Crippen LogP) is 0.812. The Labute approximate surface area is 74.8 Å². The SMILES string of the molecule is CON(C)C(=O)C1SCCS1. The van der Waals surface area contributed by atoms with Crippen LogP contribution in [0.15, 0.2) is 0 Å². The van der Waals surface area contributed by atoms with Gasteiger partial charge in [0, 0.05) is 18.6 Å². The molecule has 1 aliphatic heterocycles. The zero-order chi connectivity index (χ0) is 8.27. The van der Waals surface area contributed by atoms with E-state index in [9.17, 15) is 4.79 Å². The Hall–Kier alpha value is 0.130. The summed E-state index contributed by atoms with van der Waals surface area (Å²) < 4.78 is 0.0555. The molecule has 1 amide bonds. The third-order valence-corrected chi connectivity index (χ3v) is 4.37. The van der Waals surface area contributed by atoms with E-state index in [1.165, 1.54) is 12.2 Å². The van der Waals surface area contributed by atoms with Crippen LogP contribution in [0.1, 0.15) is 0 Å². The second-order valence-corrected chi connectivity index (χ2v) is 4.82. The van der Waals surface area contributed by atoms with Gasteiger partial charge in [-0.3, -0.25) is 9.63 Å². The molecule has 0 saturated carbocycles. The fourth-order valence-electron chi connectivity index (χ4n) is 0.739. The van der Waals surface area contributed by atoms with Crippen molar-refractivity contribution in [3.63, 3.8) is 0 Å². The molecule has 0 aromatic rings. The molecule has 1 heterocycles. The van der Waals surface area contributed by atoms with Crippen molar-refractivity contribution in [1.29, 1.82) is 0 Å². The maximum Gasteiger partial charge on any atom is 0.269 e. The van der Waals surface area contributed by atoms with Gasteiger partial charge in [-0.05, 0) is 0 Å². The van der Waals surface area contributed by atoms with E-state index in [4.69, 9.17) is 4.84 Å². The van der Waals surface area contributed by atoms with Crippen molar-refractivity contribution in [2.75, 3.05) is 25.7 Å². The first-order valence-electron chi connectivity index (χ1n) is 3.30. The molecule has 0 unspecified atom stereocenters. The van der Waals surface area contributed by atoms with E-state index in [1.807, 2.05) is 0 Å². The highest BCUT2D eigenvalue weighted by Gasteiger charge is 2.26. The smallest absolute Gasteiger partial charge is 0.269 e. The van der Waals surface area contributed by atoms with E-state index in [2.05, 4.69) is 0 Å². The molecule has 1 fully saturated rings. The quantitative estimate of drug-likeness (QED) is 0.607. The lowest BCUT2D eigenvalue weighted by Crippen LogP contribution is -2.31. The standard InChI is InChI=1S/C6H11NO2S2/c1-7(9-2)5(8)6-10-3-4-11-6/h6H,3-4H2,1-2H3. The van der Waals surface area contributed by atoms with Crippen molar-refractivity contribution in [2.24, 2.45) is 0 Å². The number of thioether (sulfide) groups is 2. The van der Waals surface area contributed by atoms with Gasteiger partial charge in [-0.15, -0.1) is 23.5 Å². The molecule has 0 aliphatic carbocycles. The van der Waals surface area contributed by atoms with Gasteiger partial charge >= 0.3 is 0 Å². The van der Waals surface area contributed by atoms with Crippen molar-refractivity contribution < 1.29 is 9.63 Å². The maximum atomic E-state index is 11.3. The highest BCUT2D eigenvalue weighted by Crippen LogP contribution is 2.32. The molecule has 0 N–H and O–H groups in total. The van der Waals surface area contributed by atoms with Crippen molar-refractivity contribution >= 4 is 29.4 Å². The summed E-state index contributed by atoms with van der Waals surface area (Å²) in [6.07, 6.45) is 0. The van der Waals surface area contributed by atoms with Crippen LogP contribution in [0.25, 0.3) is 0 Å². The molecule has 64 valence electrons. The van der Waals surface area contributed by atoms with Gasteiger partial charge in [-0.25, -0.2) is 5.06 Å². The molecule has 1 saturated heterocycles. The van der Waals surface area contributed by atoms with E-state index < -0.39 is 0 Å². The summed E-state index contributed by atoms with van der Waals surface area (Å²) in [5.74, 6) is 2.19. The van der Waals surface area contributed by atoms with Gasteiger partial charge in [0.25, 0.3) is 5.91 Å². The van der Waals surface area contributed by atoms with Crippen LogP contribution in [0.3, 0.4) is 0 Å². The van der Waals surface area contributed by atoms with Crippen LogP contribution in [0.2, 0.25) is 0 Å². The lowest BCUT2D eigenvalue weighted by atomic mass is 10.7. The van der Waals surface area contributed by atoms with Crippen LogP contribution in [0, 0.1) is 0 Å². The van der Waals surface area contributed by atoms with E-state index in [0.717, 1.165) is 11.5 Å². The summed E-state index contributed by atoms with van der Waals surface area (Å²) >= 11 is 3.37. The Bertz CT molecular complexity index is 148. The molecule has 0 radical (unpaired) electrons. The van der Waals surface area contributed by atoms with Crippen LogP contribution < -0.4 is 0 Å². The van der Waals surface area contributed by atoms with Crippen molar-refractivity contribution in [2.45, 2.75) is 4.58 Å². The number of nitrogens with zero attached hydrogens (tertiary/aromatic N) is 1. The Balaban J connectivity index is 2.39. The van der Waals surface area contributed by atoms with Crippen molar-refractivity contribution in [3.8, 4) is 0 Å². The Morgan fingerprint density at radius 1 is 1.55 bits per heavy atom. The molecule has 0 aromatic carbocycles. The zero-order valence-corrected chi connectivity index (χ0v) is 8.20. The summed E-state index contributed by atoms with van der Waals surface area (Å²) in [4.78, 5) is 16.1. The summed E-state index contributed by atoms with van der Waals surface area (Å²) in [5.41, 5.74) is 0. The number of hydroxylamine groups is 2. The normalized spacial score (nSPS) is 18.7. The lowest BCUT2D eigenvalue weighted by molar-refractivity contribution is -0.166. The number of hydrogen-bond donors (Lipinski definition) is 0. The van der Waals surface area contributed by atoms with Gasteiger partial charge in [0.1, 0.15) is 4.58 Å². The molecular formula is C6H11NO2S2. The monoisotopic (exact) mass is 193 g/mol. The Morgan fingerprint density at radius 3 is 2.55 bits per heavy atom. The third kappa shape index (κ3) is 2.28. The van der Waals surface area contributed by atoms with Gasteiger partial charge in [0.2, 0.25) is 0 Å². The first kappa shape index (κ1) is 9.22. The average molecular weight is 193 g/mol. The largest absolute Gasteiger partial charge is 0.275 e. The summed E-state index contributed by atoms with van der Waals surface area (Å²) in [6.45, 7) is 0. The molecule has 5 heteroatoms. The third-order valence-electron chi connectivity index (χ3n) is 1.41.